The van der Waals surface area contributed by atoms with Crippen LogP contribution in [0.15, 0.2) is 30.7 Å². The van der Waals surface area contributed by atoms with Gasteiger partial charge in [-0.2, -0.15) is 13.2 Å². The van der Waals surface area contributed by atoms with Gasteiger partial charge in [0, 0.05) is 18.6 Å². The third kappa shape index (κ3) is 4.10. The Labute approximate surface area is 145 Å². The number of hydrogen-bond donors (Lipinski definition) is 1. The number of fused-ring (bicyclic) bond motifs is 1. The van der Waals surface area contributed by atoms with Crippen molar-refractivity contribution in [3.63, 3.8) is 0 Å². The summed E-state index contributed by atoms with van der Waals surface area (Å²) in [5.74, 6) is -1.83. The molecule has 2 aromatic rings. The molecule has 0 fully saturated rings. The summed E-state index contributed by atoms with van der Waals surface area (Å²) in [4.78, 5) is 33.5. The third-order valence-corrected chi connectivity index (χ3v) is 3.58. The molecule has 0 spiro atoms. The Kier molecular flexibility index (Phi) is 4.78. The van der Waals surface area contributed by atoms with Crippen LogP contribution in [0.1, 0.15) is 5.69 Å². The number of amides is 2. The molecule has 0 aliphatic carbocycles. The van der Waals surface area contributed by atoms with Crippen LogP contribution in [-0.4, -0.2) is 50.6 Å². The normalized spacial score (nSPS) is 14.2. The molecule has 0 aromatic carbocycles. The molecule has 138 valence electrons. The number of ether oxygens (including phenoxy) is 1. The highest BCUT2D eigenvalue weighted by atomic mass is 19.4. The maximum Gasteiger partial charge on any atom is 0.406 e. The van der Waals surface area contributed by atoms with Crippen molar-refractivity contribution in [2.75, 3.05) is 18.5 Å². The van der Waals surface area contributed by atoms with E-state index in [0.29, 0.717) is 16.0 Å². The number of alkyl halides is 3. The van der Waals surface area contributed by atoms with Crippen LogP contribution in [0.25, 0.3) is 0 Å². The van der Waals surface area contributed by atoms with Gasteiger partial charge >= 0.3 is 18.0 Å². The van der Waals surface area contributed by atoms with E-state index in [4.69, 9.17) is 4.74 Å². The van der Waals surface area contributed by atoms with E-state index < -0.39 is 24.5 Å². The Morgan fingerprint density at radius 2 is 2.08 bits per heavy atom. The lowest BCUT2D eigenvalue weighted by Crippen LogP contribution is -2.41. The lowest BCUT2D eigenvalue weighted by atomic mass is 10.3. The van der Waals surface area contributed by atoms with Gasteiger partial charge in [0.1, 0.15) is 24.6 Å². The third-order valence-electron chi connectivity index (χ3n) is 3.58. The molecule has 1 N–H and O–H groups in total. The highest BCUT2D eigenvalue weighted by molar-refractivity contribution is 6.39. The van der Waals surface area contributed by atoms with Crippen molar-refractivity contribution in [1.82, 2.24) is 19.4 Å². The predicted molar refractivity (Wildman–Crippen MR) is 82.1 cm³/mol. The van der Waals surface area contributed by atoms with Crippen LogP contribution in [0.5, 0.6) is 5.75 Å². The molecule has 3 rings (SSSR count). The van der Waals surface area contributed by atoms with Gasteiger partial charge in [-0.05, 0) is 12.1 Å². The Balaban J connectivity index is 1.69. The van der Waals surface area contributed by atoms with Crippen molar-refractivity contribution in [3.8, 4) is 5.75 Å². The number of imidazole rings is 1. The van der Waals surface area contributed by atoms with Crippen LogP contribution in [0.4, 0.5) is 19.1 Å². The molecule has 2 amide bonds. The second-order valence-electron chi connectivity index (χ2n) is 5.47. The summed E-state index contributed by atoms with van der Waals surface area (Å²) >= 11 is 0. The molecule has 0 atom stereocenters. The number of anilines is 1. The molecule has 3 heterocycles. The summed E-state index contributed by atoms with van der Waals surface area (Å²) in [6.45, 7) is -0.967. The van der Waals surface area contributed by atoms with Crippen molar-refractivity contribution in [1.29, 1.82) is 0 Å². The Bertz CT molecular complexity index is 821. The topological polar surface area (TPSA) is 89.4 Å². The molecular formula is C15H14F3N5O3. The molecule has 0 unspecified atom stereocenters. The average Bonchev–Trinajstić information content (AvgIpc) is 2.88. The summed E-state index contributed by atoms with van der Waals surface area (Å²) < 4.78 is 43.7. The highest BCUT2D eigenvalue weighted by Gasteiger charge is 2.30. The first-order valence-corrected chi connectivity index (χ1v) is 7.58. The number of aromatic nitrogens is 3. The standard InChI is InChI=1S/C15H14F3N5O3/c16-15(17,18)9-23-5-4-20-14(23)21-12(24)13(25)22-6-7-26-11-2-1-3-19-10(11)8-22/h1-5H,6-9H2,(H,20,21,24). The van der Waals surface area contributed by atoms with Crippen molar-refractivity contribution in [3.05, 3.63) is 36.4 Å². The zero-order chi connectivity index (χ0) is 18.7. The Morgan fingerprint density at radius 3 is 2.85 bits per heavy atom. The minimum Gasteiger partial charge on any atom is -0.490 e. The number of nitrogens with zero attached hydrogens (tertiary/aromatic N) is 4. The van der Waals surface area contributed by atoms with Crippen molar-refractivity contribution < 1.29 is 27.5 Å². The number of pyridine rings is 1. The molecule has 0 bridgehead atoms. The maximum absolute atomic E-state index is 12.5. The molecule has 0 saturated heterocycles. The van der Waals surface area contributed by atoms with Gasteiger partial charge in [0.05, 0.1) is 13.1 Å². The van der Waals surface area contributed by atoms with E-state index in [-0.39, 0.29) is 25.6 Å². The Morgan fingerprint density at radius 1 is 1.27 bits per heavy atom. The Hall–Kier alpha value is -3.11. The summed E-state index contributed by atoms with van der Waals surface area (Å²) in [6, 6.07) is 3.38. The molecular weight excluding hydrogens is 355 g/mol. The maximum atomic E-state index is 12.5. The molecule has 0 saturated carbocycles. The minimum atomic E-state index is -4.48. The zero-order valence-electron chi connectivity index (χ0n) is 13.4. The van der Waals surface area contributed by atoms with E-state index in [1.54, 1.807) is 12.1 Å². The first-order chi connectivity index (χ1) is 12.3. The summed E-state index contributed by atoms with van der Waals surface area (Å²) in [5, 5.41) is 2.12. The molecule has 11 heteroatoms. The van der Waals surface area contributed by atoms with E-state index in [0.717, 1.165) is 12.4 Å². The lowest BCUT2D eigenvalue weighted by molar-refractivity contribution is -0.144. The SMILES string of the molecule is O=C(Nc1nccn1CC(F)(F)F)C(=O)N1CCOc2cccnc2C1. The van der Waals surface area contributed by atoms with Crippen LogP contribution in [0, 0.1) is 0 Å². The lowest BCUT2D eigenvalue weighted by Gasteiger charge is -2.18. The molecule has 1 aliphatic rings. The molecule has 0 radical (unpaired) electrons. The summed E-state index contributed by atoms with van der Waals surface area (Å²) in [5.41, 5.74) is 0.490. The monoisotopic (exact) mass is 369 g/mol. The van der Waals surface area contributed by atoms with Gasteiger partial charge in [0.15, 0.2) is 0 Å². The second kappa shape index (κ2) is 7.02. The van der Waals surface area contributed by atoms with Crippen LogP contribution < -0.4 is 10.1 Å². The molecule has 8 nitrogen and oxygen atoms in total. The van der Waals surface area contributed by atoms with E-state index in [2.05, 4.69) is 15.3 Å². The fraction of sp³-hybridized carbons (Fsp3) is 0.333. The van der Waals surface area contributed by atoms with E-state index >= 15 is 0 Å². The minimum absolute atomic E-state index is 0.0550. The smallest absolute Gasteiger partial charge is 0.406 e. The van der Waals surface area contributed by atoms with Gasteiger partial charge in [0.25, 0.3) is 0 Å². The number of nitrogens with one attached hydrogen (secondary N) is 1. The molecule has 1 aliphatic heterocycles. The van der Waals surface area contributed by atoms with E-state index in [1.807, 2.05) is 0 Å². The van der Waals surface area contributed by atoms with Crippen LogP contribution in [0.3, 0.4) is 0 Å². The van der Waals surface area contributed by atoms with Crippen LogP contribution in [0.2, 0.25) is 0 Å². The van der Waals surface area contributed by atoms with Gasteiger partial charge in [-0.25, -0.2) is 4.98 Å². The number of halogens is 3. The number of carbonyl (C=O) groups excluding carboxylic acids is 2. The van der Waals surface area contributed by atoms with E-state index in [9.17, 15) is 22.8 Å². The zero-order valence-corrected chi connectivity index (χ0v) is 13.4. The van der Waals surface area contributed by atoms with Crippen molar-refractivity contribution in [2.45, 2.75) is 19.3 Å². The fourth-order valence-corrected chi connectivity index (χ4v) is 2.42. The van der Waals surface area contributed by atoms with Gasteiger partial charge < -0.3 is 14.2 Å². The van der Waals surface area contributed by atoms with Crippen molar-refractivity contribution >= 4 is 17.8 Å². The summed E-state index contributed by atoms with van der Waals surface area (Å²) in [7, 11) is 0. The van der Waals surface area contributed by atoms with Crippen LogP contribution in [-0.2, 0) is 22.7 Å². The van der Waals surface area contributed by atoms with Gasteiger partial charge in [-0.3, -0.25) is 19.9 Å². The summed E-state index contributed by atoms with van der Waals surface area (Å²) in [6.07, 6.45) is -0.787. The molecule has 26 heavy (non-hydrogen) atoms. The predicted octanol–water partition coefficient (Wildman–Crippen LogP) is 1.20. The largest absolute Gasteiger partial charge is 0.490 e. The van der Waals surface area contributed by atoms with Gasteiger partial charge in [-0.1, -0.05) is 0 Å². The van der Waals surface area contributed by atoms with Gasteiger partial charge in [0.2, 0.25) is 5.95 Å². The van der Waals surface area contributed by atoms with Gasteiger partial charge in [-0.15, -0.1) is 0 Å². The number of rotatable bonds is 2. The average molecular weight is 369 g/mol. The fourth-order valence-electron chi connectivity index (χ4n) is 2.42. The quantitative estimate of drug-likeness (QED) is 0.804. The van der Waals surface area contributed by atoms with E-state index in [1.165, 1.54) is 11.1 Å². The van der Waals surface area contributed by atoms with Crippen molar-refractivity contribution in [2.24, 2.45) is 0 Å². The highest BCUT2D eigenvalue weighted by Crippen LogP contribution is 2.21. The first kappa shape index (κ1) is 17.7. The number of hydrogen-bond acceptors (Lipinski definition) is 5. The van der Waals surface area contributed by atoms with Crippen LogP contribution >= 0.6 is 0 Å². The molecule has 2 aromatic heterocycles. The second-order valence-corrected chi connectivity index (χ2v) is 5.47. The first-order valence-electron chi connectivity index (χ1n) is 7.58. The number of carbonyl (C=O) groups is 2.